The number of hydrogen-bond donors (Lipinski definition) is 2. The summed E-state index contributed by atoms with van der Waals surface area (Å²) in [6.45, 7) is 4.19. The van der Waals surface area contributed by atoms with Gasteiger partial charge in [-0.1, -0.05) is 60.7 Å². The van der Waals surface area contributed by atoms with Gasteiger partial charge in [0.25, 0.3) is 0 Å². The van der Waals surface area contributed by atoms with Gasteiger partial charge in [0.1, 0.15) is 30.8 Å². The van der Waals surface area contributed by atoms with Gasteiger partial charge in [-0.25, -0.2) is 0 Å². The standard InChI is InChI=1S/C26H29NO3/c1-19-8-2-6-12-25(19)30-18-21(28)16-27-15-14-23-22-10-4-3-9-20(22)17-29-26-13-7-5-11-24(23)26/h2-13,21,23,27-28H,14-18H2,1H3. The molecule has 0 radical (unpaired) electrons. The van der Waals surface area contributed by atoms with E-state index in [-0.39, 0.29) is 12.5 Å². The van der Waals surface area contributed by atoms with Crippen LogP contribution >= 0.6 is 0 Å². The molecule has 0 bridgehead atoms. The Morgan fingerprint density at radius 2 is 1.73 bits per heavy atom. The minimum atomic E-state index is -0.554. The molecule has 2 unspecified atom stereocenters. The van der Waals surface area contributed by atoms with Crippen molar-refractivity contribution in [3.05, 3.63) is 95.1 Å². The van der Waals surface area contributed by atoms with Crippen LogP contribution in [0.5, 0.6) is 11.5 Å². The van der Waals surface area contributed by atoms with E-state index in [4.69, 9.17) is 9.47 Å². The maximum atomic E-state index is 10.3. The van der Waals surface area contributed by atoms with Crippen LogP contribution in [0.25, 0.3) is 0 Å². The van der Waals surface area contributed by atoms with Gasteiger partial charge in [-0.3, -0.25) is 0 Å². The number of fused-ring (bicyclic) bond motifs is 2. The highest BCUT2D eigenvalue weighted by atomic mass is 16.5. The summed E-state index contributed by atoms with van der Waals surface area (Å²) in [5, 5.41) is 13.7. The molecule has 1 aliphatic heterocycles. The molecule has 4 nitrogen and oxygen atoms in total. The number of aliphatic hydroxyl groups excluding tert-OH is 1. The topological polar surface area (TPSA) is 50.7 Å². The van der Waals surface area contributed by atoms with Crippen molar-refractivity contribution in [1.29, 1.82) is 0 Å². The van der Waals surface area contributed by atoms with Gasteiger partial charge < -0.3 is 19.9 Å². The number of aliphatic hydroxyl groups is 1. The fraction of sp³-hybridized carbons (Fsp3) is 0.308. The van der Waals surface area contributed by atoms with Gasteiger partial charge in [0.2, 0.25) is 0 Å². The van der Waals surface area contributed by atoms with Crippen molar-refractivity contribution >= 4 is 0 Å². The van der Waals surface area contributed by atoms with Crippen molar-refractivity contribution in [2.75, 3.05) is 19.7 Å². The molecule has 0 amide bonds. The van der Waals surface area contributed by atoms with Crippen molar-refractivity contribution in [2.24, 2.45) is 0 Å². The fourth-order valence-electron chi connectivity index (χ4n) is 4.02. The Hall–Kier alpha value is -2.82. The average Bonchev–Trinajstić information content (AvgIpc) is 2.93. The molecule has 3 aromatic rings. The van der Waals surface area contributed by atoms with Gasteiger partial charge in [0.05, 0.1) is 0 Å². The number of para-hydroxylation sites is 2. The number of hydrogen-bond acceptors (Lipinski definition) is 4. The normalized spacial score (nSPS) is 16.0. The van der Waals surface area contributed by atoms with E-state index >= 15 is 0 Å². The molecule has 0 aliphatic carbocycles. The quantitative estimate of drug-likeness (QED) is 0.546. The Bertz CT molecular complexity index is 924. The summed E-state index contributed by atoms with van der Waals surface area (Å²) in [5.74, 6) is 2.06. The molecule has 4 rings (SSSR count). The van der Waals surface area contributed by atoms with E-state index in [1.807, 2.05) is 43.3 Å². The first-order valence-corrected chi connectivity index (χ1v) is 10.6. The highest BCUT2D eigenvalue weighted by Gasteiger charge is 2.23. The second kappa shape index (κ2) is 9.79. The molecule has 0 saturated carbocycles. The van der Waals surface area contributed by atoms with E-state index in [0.717, 1.165) is 30.0 Å². The Kier molecular flexibility index (Phi) is 6.67. The first-order valence-electron chi connectivity index (χ1n) is 10.6. The van der Waals surface area contributed by atoms with Crippen molar-refractivity contribution in [3.8, 4) is 11.5 Å². The molecule has 30 heavy (non-hydrogen) atoms. The van der Waals surface area contributed by atoms with Crippen molar-refractivity contribution < 1.29 is 14.6 Å². The Labute approximate surface area is 178 Å². The van der Waals surface area contributed by atoms with Crippen molar-refractivity contribution in [3.63, 3.8) is 0 Å². The molecule has 2 N–H and O–H groups in total. The average molecular weight is 404 g/mol. The van der Waals surface area contributed by atoms with E-state index in [9.17, 15) is 5.11 Å². The van der Waals surface area contributed by atoms with Gasteiger partial charge in [0, 0.05) is 18.0 Å². The first kappa shape index (κ1) is 20.5. The lowest BCUT2D eigenvalue weighted by atomic mass is 9.86. The van der Waals surface area contributed by atoms with Crippen molar-refractivity contribution in [1.82, 2.24) is 5.32 Å². The maximum Gasteiger partial charge on any atom is 0.123 e. The summed E-state index contributed by atoms with van der Waals surface area (Å²) in [7, 11) is 0. The second-order valence-electron chi connectivity index (χ2n) is 7.80. The Balaban J connectivity index is 1.33. The Morgan fingerprint density at radius 3 is 2.60 bits per heavy atom. The smallest absolute Gasteiger partial charge is 0.123 e. The van der Waals surface area contributed by atoms with Crippen LogP contribution in [-0.2, 0) is 6.61 Å². The predicted octanol–water partition coefficient (Wildman–Crippen LogP) is 4.44. The zero-order valence-electron chi connectivity index (χ0n) is 17.4. The van der Waals surface area contributed by atoms with Crippen LogP contribution in [0.2, 0.25) is 0 Å². The zero-order chi connectivity index (χ0) is 20.8. The molecule has 0 fully saturated rings. The van der Waals surface area contributed by atoms with Crippen LogP contribution in [-0.4, -0.2) is 30.9 Å². The molecule has 2 atom stereocenters. The first-order chi connectivity index (χ1) is 14.7. The molecule has 0 spiro atoms. The van der Waals surface area contributed by atoms with E-state index in [0.29, 0.717) is 13.2 Å². The number of rotatable bonds is 8. The van der Waals surface area contributed by atoms with Gasteiger partial charge in [-0.15, -0.1) is 0 Å². The molecular weight excluding hydrogens is 374 g/mol. The lowest BCUT2D eigenvalue weighted by molar-refractivity contribution is 0.106. The Morgan fingerprint density at radius 1 is 1.00 bits per heavy atom. The molecular formula is C26H29NO3. The molecule has 1 heterocycles. The summed E-state index contributed by atoms with van der Waals surface area (Å²) in [5.41, 5.74) is 4.87. The van der Waals surface area contributed by atoms with Gasteiger partial charge >= 0.3 is 0 Å². The van der Waals surface area contributed by atoms with E-state index < -0.39 is 6.10 Å². The molecule has 4 heteroatoms. The van der Waals surface area contributed by atoms with E-state index in [2.05, 4.69) is 41.7 Å². The molecule has 0 saturated heterocycles. The third-order valence-electron chi connectivity index (χ3n) is 5.62. The van der Waals surface area contributed by atoms with E-state index in [1.54, 1.807) is 0 Å². The van der Waals surface area contributed by atoms with Gasteiger partial charge in [-0.2, -0.15) is 0 Å². The van der Waals surface area contributed by atoms with Crippen LogP contribution in [0.4, 0.5) is 0 Å². The summed E-state index contributed by atoms with van der Waals surface area (Å²) >= 11 is 0. The largest absolute Gasteiger partial charge is 0.491 e. The predicted molar refractivity (Wildman–Crippen MR) is 119 cm³/mol. The third-order valence-corrected chi connectivity index (χ3v) is 5.62. The van der Waals surface area contributed by atoms with Crippen LogP contribution in [0.1, 0.15) is 34.6 Å². The fourth-order valence-corrected chi connectivity index (χ4v) is 4.02. The van der Waals surface area contributed by atoms with Gasteiger partial charge in [0.15, 0.2) is 0 Å². The molecule has 1 aliphatic rings. The SMILES string of the molecule is Cc1ccccc1OCC(O)CNCCC1c2ccccc2COc2ccccc21. The van der Waals surface area contributed by atoms with Crippen molar-refractivity contribution in [2.45, 2.75) is 32.0 Å². The summed E-state index contributed by atoms with van der Waals surface area (Å²) in [6.07, 6.45) is 0.379. The number of ether oxygens (including phenoxy) is 2. The number of aryl methyl sites for hydroxylation is 1. The number of nitrogens with one attached hydrogen (secondary N) is 1. The number of benzene rings is 3. The second-order valence-corrected chi connectivity index (χ2v) is 7.80. The summed E-state index contributed by atoms with van der Waals surface area (Å²) < 4.78 is 11.8. The zero-order valence-corrected chi connectivity index (χ0v) is 17.4. The minimum absolute atomic E-state index is 0.271. The lowest BCUT2D eigenvalue weighted by Gasteiger charge is -2.20. The highest BCUT2D eigenvalue weighted by Crippen LogP contribution is 2.38. The third kappa shape index (κ3) is 4.84. The monoisotopic (exact) mass is 403 g/mol. The summed E-state index contributed by atoms with van der Waals surface area (Å²) in [6, 6.07) is 24.7. The molecule has 156 valence electrons. The maximum absolute atomic E-state index is 10.3. The molecule has 3 aromatic carbocycles. The van der Waals surface area contributed by atoms with E-state index in [1.165, 1.54) is 16.7 Å². The van der Waals surface area contributed by atoms with Crippen LogP contribution in [0, 0.1) is 6.92 Å². The minimum Gasteiger partial charge on any atom is -0.491 e. The molecule has 0 aromatic heterocycles. The van der Waals surface area contributed by atoms with Crippen LogP contribution in [0.3, 0.4) is 0 Å². The van der Waals surface area contributed by atoms with Crippen LogP contribution in [0.15, 0.2) is 72.8 Å². The van der Waals surface area contributed by atoms with Crippen LogP contribution < -0.4 is 14.8 Å². The highest BCUT2D eigenvalue weighted by molar-refractivity contribution is 5.46. The van der Waals surface area contributed by atoms with Gasteiger partial charge in [-0.05, 0) is 48.7 Å². The summed E-state index contributed by atoms with van der Waals surface area (Å²) in [4.78, 5) is 0. The lowest BCUT2D eigenvalue weighted by Crippen LogP contribution is -2.32.